The van der Waals surface area contributed by atoms with Crippen molar-refractivity contribution < 1.29 is 29.6 Å². The fraction of sp³-hybridized carbons (Fsp3) is 0.939. The molecule has 0 aromatic carbocycles. The lowest BCUT2D eigenvalue weighted by atomic mass is 9.44. The van der Waals surface area contributed by atoms with E-state index in [0.717, 1.165) is 45.1 Å². The first-order valence-corrected chi connectivity index (χ1v) is 16.3. The van der Waals surface area contributed by atoms with Crippen LogP contribution in [-0.4, -0.2) is 57.9 Å². The maximum Gasteiger partial charge on any atom is 0.190 e. The van der Waals surface area contributed by atoms with E-state index >= 15 is 0 Å². The summed E-state index contributed by atoms with van der Waals surface area (Å²) in [6, 6.07) is 0. The number of ether oxygens (including phenoxy) is 1. The number of hydrogen-bond donors (Lipinski definition) is 3. The third kappa shape index (κ3) is 6.34. The molecule has 5 aliphatic rings. The Morgan fingerprint density at radius 3 is 2.28 bits per heavy atom. The van der Waals surface area contributed by atoms with Crippen LogP contribution in [0, 0.1) is 34.5 Å². The van der Waals surface area contributed by atoms with Crippen LogP contribution in [-0.2, 0) is 14.3 Å². The smallest absolute Gasteiger partial charge is 0.190 e. The number of unbranched alkanes of at least 4 members (excludes halogenated alkanes) is 7. The van der Waals surface area contributed by atoms with E-state index in [1.54, 1.807) is 0 Å². The quantitative estimate of drug-likeness (QED) is 0.223. The topological polar surface area (TPSA) is 107 Å². The van der Waals surface area contributed by atoms with Gasteiger partial charge in [-0.05, 0) is 74.5 Å². The fourth-order valence-corrected chi connectivity index (χ4v) is 9.38. The van der Waals surface area contributed by atoms with Crippen LogP contribution < -0.4 is 0 Å². The van der Waals surface area contributed by atoms with Crippen molar-refractivity contribution in [2.45, 2.75) is 148 Å². The van der Waals surface area contributed by atoms with Crippen molar-refractivity contribution in [3.8, 4) is 0 Å². The highest BCUT2D eigenvalue weighted by molar-refractivity contribution is 5.92. The number of hydrogen-bond acceptors (Lipinski definition) is 6. The second-order valence-corrected chi connectivity index (χ2v) is 14.2. The lowest BCUT2D eigenvalue weighted by Crippen LogP contribution is -2.62. The van der Waals surface area contributed by atoms with Crippen molar-refractivity contribution in [2.75, 3.05) is 13.2 Å². The maximum atomic E-state index is 13.4. The molecule has 5 fully saturated rings. The number of fused-ring (bicyclic) bond motifs is 5. The molecule has 4 aliphatic carbocycles. The van der Waals surface area contributed by atoms with Gasteiger partial charge in [-0.2, -0.15) is 0 Å². The minimum absolute atomic E-state index is 0.0154. The van der Waals surface area contributed by atoms with E-state index in [1.807, 2.05) is 6.92 Å². The molecule has 0 radical (unpaired) electrons. The molecule has 5 rings (SSSR count). The summed E-state index contributed by atoms with van der Waals surface area (Å²) in [6.07, 6.45) is 18.8. The zero-order valence-corrected chi connectivity index (χ0v) is 25.0. The standard InChI is InChI=1S/C21H32O5.C12H24O/c1-19-7-5-13(23)9-12(19)3-4-14-15-6-8-21(26,17(25)11-22)20(15,2)10-16(24)18(14)19;1-2-3-4-5-6-7-8-9-10-12-11-13-12/h12-15,18,22-23,26H,3-11H2,1-2H3;12H,2-11H2,1H3/t12-,13-,14+,15+,18-,19+,20+,21+;12-/m11/s1. The summed E-state index contributed by atoms with van der Waals surface area (Å²) in [5.74, 6) is 0.380. The van der Waals surface area contributed by atoms with Gasteiger partial charge in [0, 0.05) is 17.8 Å². The van der Waals surface area contributed by atoms with Crippen molar-refractivity contribution >= 4 is 11.6 Å². The van der Waals surface area contributed by atoms with Crippen LogP contribution >= 0.6 is 0 Å². The van der Waals surface area contributed by atoms with E-state index < -0.39 is 23.4 Å². The maximum absolute atomic E-state index is 13.4. The third-order valence-electron chi connectivity index (χ3n) is 11.9. The highest BCUT2D eigenvalue weighted by Gasteiger charge is 2.68. The number of rotatable bonds is 11. The monoisotopic (exact) mass is 548 g/mol. The molecule has 4 saturated carbocycles. The Bertz CT molecular complexity index is 840. The van der Waals surface area contributed by atoms with Crippen LogP contribution in [0.4, 0.5) is 0 Å². The summed E-state index contributed by atoms with van der Waals surface area (Å²) in [5.41, 5.74) is -2.40. The van der Waals surface area contributed by atoms with E-state index in [9.17, 15) is 24.9 Å². The Balaban J connectivity index is 0.000000229. The Morgan fingerprint density at radius 2 is 1.64 bits per heavy atom. The molecule has 9 atom stereocenters. The van der Waals surface area contributed by atoms with Gasteiger partial charge in [0.25, 0.3) is 0 Å². The third-order valence-corrected chi connectivity index (χ3v) is 11.9. The van der Waals surface area contributed by atoms with Crippen molar-refractivity contribution in [1.82, 2.24) is 0 Å². The van der Waals surface area contributed by atoms with Crippen LogP contribution in [0.3, 0.4) is 0 Å². The van der Waals surface area contributed by atoms with Gasteiger partial charge in [-0.3, -0.25) is 9.59 Å². The van der Waals surface area contributed by atoms with Gasteiger partial charge in [-0.15, -0.1) is 0 Å². The first-order chi connectivity index (χ1) is 18.6. The van der Waals surface area contributed by atoms with Crippen molar-refractivity contribution in [1.29, 1.82) is 0 Å². The molecule has 0 bridgehead atoms. The number of aliphatic hydroxyl groups is 3. The Labute approximate surface area is 236 Å². The molecule has 0 spiro atoms. The largest absolute Gasteiger partial charge is 0.393 e. The van der Waals surface area contributed by atoms with E-state index in [0.29, 0.717) is 18.4 Å². The number of Topliss-reactive ketones (excluding diaryl/α,β-unsaturated/α-hetero) is 2. The molecule has 1 heterocycles. The average molecular weight is 549 g/mol. The molecule has 39 heavy (non-hydrogen) atoms. The van der Waals surface area contributed by atoms with E-state index in [4.69, 9.17) is 4.74 Å². The predicted octanol–water partition coefficient (Wildman–Crippen LogP) is 5.78. The second kappa shape index (κ2) is 13.0. The van der Waals surface area contributed by atoms with Crippen LogP contribution in [0.15, 0.2) is 0 Å². The molecule has 0 amide bonds. The SMILES string of the molecule is CCCCCCCCCC[C@@H]1CO1.C[C@]12CC[C@@H](O)C[C@H]1CC[C@@H]1[C@@H]2C(=O)C[C@@]2(C)[C@H]1CC[C@]2(O)C(=O)CO. The zero-order chi connectivity index (χ0) is 28.3. The van der Waals surface area contributed by atoms with Crippen LogP contribution in [0.25, 0.3) is 0 Å². The molecular formula is C33H56O6. The minimum Gasteiger partial charge on any atom is -0.393 e. The summed E-state index contributed by atoms with van der Waals surface area (Å²) in [6.45, 7) is 6.78. The molecule has 0 unspecified atom stereocenters. The van der Waals surface area contributed by atoms with Crippen molar-refractivity contribution in [3.63, 3.8) is 0 Å². The number of carbonyl (C=O) groups is 2. The summed E-state index contributed by atoms with van der Waals surface area (Å²) < 4.78 is 5.17. The van der Waals surface area contributed by atoms with Gasteiger partial charge in [-0.25, -0.2) is 0 Å². The van der Waals surface area contributed by atoms with Gasteiger partial charge in [-0.1, -0.05) is 72.1 Å². The molecule has 6 heteroatoms. The zero-order valence-electron chi connectivity index (χ0n) is 25.0. The number of carbonyl (C=O) groups excluding carboxylic acids is 2. The number of aliphatic hydroxyl groups excluding tert-OH is 2. The van der Waals surface area contributed by atoms with E-state index in [2.05, 4.69) is 13.8 Å². The summed E-state index contributed by atoms with van der Waals surface area (Å²) in [5, 5.41) is 30.6. The van der Waals surface area contributed by atoms with Gasteiger partial charge < -0.3 is 20.1 Å². The Morgan fingerprint density at radius 1 is 0.974 bits per heavy atom. The lowest BCUT2D eigenvalue weighted by molar-refractivity contribution is -0.180. The van der Waals surface area contributed by atoms with Crippen LogP contribution in [0.5, 0.6) is 0 Å². The molecule has 224 valence electrons. The van der Waals surface area contributed by atoms with Crippen molar-refractivity contribution in [2.24, 2.45) is 34.5 Å². The second-order valence-electron chi connectivity index (χ2n) is 14.2. The molecular weight excluding hydrogens is 492 g/mol. The Kier molecular flexibility index (Phi) is 10.4. The molecule has 6 nitrogen and oxygen atoms in total. The summed E-state index contributed by atoms with van der Waals surface area (Å²) in [4.78, 5) is 25.7. The number of epoxide rings is 1. The van der Waals surface area contributed by atoms with Crippen LogP contribution in [0.2, 0.25) is 0 Å². The molecule has 0 aromatic rings. The average Bonchev–Trinajstić information content (AvgIpc) is 3.69. The molecule has 1 aliphatic heterocycles. The van der Waals surface area contributed by atoms with E-state index in [1.165, 1.54) is 57.8 Å². The normalized spacial score (nSPS) is 42.6. The first-order valence-electron chi connectivity index (χ1n) is 16.3. The summed E-state index contributed by atoms with van der Waals surface area (Å²) in [7, 11) is 0. The molecule has 3 N–H and O–H groups in total. The lowest BCUT2D eigenvalue weighted by Gasteiger charge is -2.60. The van der Waals surface area contributed by atoms with Crippen molar-refractivity contribution in [3.05, 3.63) is 0 Å². The van der Waals surface area contributed by atoms with Gasteiger partial charge in [0.05, 0.1) is 18.8 Å². The first kappa shape index (κ1) is 31.1. The minimum atomic E-state index is -1.58. The summed E-state index contributed by atoms with van der Waals surface area (Å²) >= 11 is 0. The highest BCUT2D eigenvalue weighted by Crippen LogP contribution is 2.67. The predicted molar refractivity (Wildman–Crippen MR) is 152 cm³/mol. The van der Waals surface area contributed by atoms with Crippen LogP contribution in [0.1, 0.15) is 130 Å². The molecule has 1 saturated heterocycles. The Hall–Kier alpha value is -0.820. The van der Waals surface area contributed by atoms with Gasteiger partial charge in [0.15, 0.2) is 5.78 Å². The van der Waals surface area contributed by atoms with Gasteiger partial charge in [0.2, 0.25) is 0 Å². The fourth-order valence-electron chi connectivity index (χ4n) is 9.38. The van der Waals surface area contributed by atoms with E-state index in [-0.39, 0.29) is 41.5 Å². The van der Waals surface area contributed by atoms with Gasteiger partial charge >= 0.3 is 0 Å². The van der Waals surface area contributed by atoms with Gasteiger partial charge in [0.1, 0.15) is 18.0 Å². The number of ketones is 2. The highest BCUT2D eigenvalue weighted by atomic mass is 16.6. The molecule has 0 aromatic heterocycles.